The minimum atomic E-state index is -4.37. The first-order valence-electron chi connectivity index (χ1n) is 31.2. The molecule has 9 heteroatoms. The molecule has 0 radical (unpaired) electrons. The Kier molecular flexibility index (Phi) is 55.4. The molecule has 0 fully saturated rings. The molecule has 0 saturated heterocycles. The molecule has 0 aromatic rings. The van der Waals surface area contributed by atoms with Crippen LogP contribution in [0, 0.1) is 0 Å². The van der Waals surface area contributed by atoms with Crippen LogP contribution < -0.4 is 5.32 Å². The van der Waals surface area contributed by atoms with Crippen molar-refractivity contribution in [2.75, 3.05) is 40.9 Å². The van der Waals surface area contributed by atoms with Crippen LogP contribution >= 0.6 is 7.82 Å². The summed E-state index contributed by atoms with van der Waals surface area (Å²) in [5.41, 5.74) is 0. The van der Waals surface area contributed by atoms with Gasteiger partial charge in [-0.05, 0) is 116 Å². The highest BCUT2D eigenvalue weighted by molar-refractivity contribution is 7.47. The standard InChI is InChI=1S/C69H117N2O6P/c1-6-8-10-12-14-16-18-20-22-24-25-26-27-28-29-30-31-32-33-34-35-36-37-38-39-40-41-42-43-44-45-47-49-51-53-55-57-59-61-63-69(73)70-67(66-77-78(74,75)76-65-64-71(3,4)5)68(72)62-60-58-56-54-52-50-48-46-23-21-19-17-15-13-11-9-7-2/h8,10,14,16,20,22-23,25-26,28-29,31-32,34-35,37-38,40-41,46,52,54,60,62,67-68,72H,6-7,9,11-13,15,17-19,21,24,27,30,33,36,39,42-45,47-51,53,55-59,61,63-66H2,1-5H3,(H-,70,73,74,75)/p+1/b10-8-,16-14-,22-20-,26-25-,29-28-,32-31-,35-34-,38-37-,41-40-,46-23+,54-52+,62-60+. The molecule has 0 aliphatic carbocycles. The molecular formula is C69H118N2O6P+. The number of allylic oxidation sites excluding steroid dienone is 23. The van der Waals surface area contributed by atoms with E-state index in [4.69, 9.17) is 9.05 Å². The number of carbonyl (C=O) groups excluding carboxylic acids is 1. The second kappa shape index (κ2) is 58.0. The molecule has 0 heterocycles. The molecule has 3 atom stereocenters. The van der Waals surface area contributed by atoms with Crippen LogP contribution in [0.3, 0.4) is 0 Å². The number of aliphatic hydroxyl groups is 1. The van der Waals surface area contributed by atoms with Crippen LogP contribution in [0.2, 0.25) is 0 Å². The van der Waals surface area contributed by atoms with E-state index in [0.717, 1.165) is 109 Å². The summed E-state index contributed by atoms with van der Waals surface area (Å²) >= 11 is 0. The number of phosphoric acid groups is 1. The lowest BCUT2D eigenvalue weighted by atomic mass is 10.0. The lowest BCUT2D eigenvalue weighted by molar-refractivity contribution is -0.870. The van der Waals surface area contributed by atoms with Gasteiger partial charge in [-0.1, -0.05) is 256 Å². The molecule has 0 aromatic heterocycles. The Bertz CT molecular complexity index is 1780. The van der Waals surface area contributed by atoms with Crippen LogP contribution in [0.25, 0.3) is 0 Å². The van der Waals surface area contributed by atoms with E-state index in [1.165, 1.54) is 103 Å². The van der Waals surface area contributed by atoms with Gasteiger partial charge in [-0.15, -0.1) is 0 Å². The van der Waals surface area contributed by atoms with Crippen molar-refractivity contribution in [2.45, 2.75) is 244 Å². The second-order valence-electron chi connectivity index (χ2n) is 21.7. The van der Waals surface area contributed by atoms with Gasteiger partial charge in [0.25, 0.3) is 0 Å². The number of rotatable bonds is 55. The molecule has 0 bridgehead atoms. The summed E-state index contributed by atoms with van der Waals surface area (Å²) < 4.78 is 23.7. The first-order valence-corrected chi connectivity index (χ1v) is 32.7. The van der Waals surface area contributed by atoms with Crippen molar-refractivity contribution in [1.82, 2.24) is 5.32 Å². The Morgan fingerprint density at radius 2 is 0.782 bits per heavy atom. The SMILES string of the molecule is CC/C=C\C/C=C\C/C=C\C/C=C\C/C=C\C/C=C\C/C=C\C/C=C\C/C=C\CCCCCCCCCCCCCC(=O)NC(COP(=O)(O)OCC[N+](C)(C)C)C(O)/C=C/CC/C=C/CC/C=C/CCCCCCCCC. The van der Waals surface area contributed by atoms with E-state index in [1.807, 2.05) is 27.2 Å². The first kappa shape index (κ1) is 74.4. The van der Waals surface area contributed by atoms with Crippen molar-refractivity contribution in [3.8, 4) is 0 Å². The monoisotopic (exact) mass is 1100 g/mol. The van der Waals surface area contributed by atoms with E-state index >= 15 is 0 Å². The third-order valence-corrected chi connectivity index (χ3v) is 14.0. The number of unbranched alkanes of at least 4 members (excludes halogenated alkanes) is 20. The number of aliphatic hydroxyl groups excluding tert-OH is 1. The number of amides is 1. The highest BCUT2D eigenvalue weighted by Gasteiger charge is 2.27. The summed E-state index contributed by atoms with van der Waals surface area (Å²) in [6.45, 7) is 4.65. The highest BCUT2D eigenvalue weighted by Crippen LogP contribution is 2.43. The molecular weight excluding hydrogens is 984 g/mol. The smallest absolute Gasteiger partial charge is 0.387 e. The topological polar surface area (TPSA) is 105 Å². The number of nitrogens with zero attached hydrogens (tertiary/aromatic N) is 1. The molecule has 3 N–H and O–H groups in total. The van der Waals surface area contributed by atoms with E-state index in [2.05, 4.69) is 153 Å². The van der Waals surface area contributed by atoms with E-state index < -0.39 is 20.0 Å². The zero-order valence-electron chi connectivity index (χ0n) is 50.6. The summed E-state index contributed by atoms with van der Waals surface area (Å²) in [6, 6.07) is -0.881. The molecule has 0 spiro atoms. The number of hydrogen-bond donors (Lipinski definition) is 3. The Labute approximate surface area is 480 Å². The van der Waals surface area contributed by atoms with Gasteiger partial charge in [0.05, 0.1) is 39.9 Å². The Balaban J connectivity index is 4.16. The van der Waals surface area contributed by atoms with Crippen LogP contribution in [0.4, 0.5) is 0 Å². The van der Waals surface area contributed by atoms with Crippen molar-refractivity contribution in [2.24, 2.45) is 0 Å². The van der Waals surface area contributed by atoms with Crippen molar-refractivity contribution in [1.29, 1.82) is 0 Å². The molecule has 0 aromatic carbocycles. The Hall–Kier alpha value is -3.62. The van der Waals surface area contributed by atoms with Crippen LogP contribution in [-0.2, 0) is 18.4 Å². The molecule has 444 valence electrons. The van der Waals surface area contributed by atoms with E-state index in [0.29, 0.717) is 17.4 Å². The summed E-state index contributed by atoms with van der Waals surface area (Å²) in [7, 11) is 1.53. The van der Waals surface area contributed by atoms with Gasteiger partial charge in [0.1, 0.15) is 13.2 Å². The molecule has 0 aliphatic heterocycles. The lowest BCUT2D eigenvalue weighted by Crippen LogP contribution is -2.45. The van der Waals surface area contributed by atoms with Gasteiger partial charge < -0.3 is 19.8 Å². The minimum absolute atomic E-state index is 0.0463. The molecule has 1 amide bonds. The number of quaternary nitrogens is 1. The number of hydrogen-bond acceptors (Lipinski definition) is 5. The fraction of sp³-hybridized carbons (Fsp3) is 0.638. The zero-order valence-corrected chi connectivity index (χ0v) is 51.5. The second-order valence-corrected chi connectivity index (χ2v) is 23.1. The molecule has 0 aliphatic rings. The van der Waals surface area contributed by atoms with Gasteiger partial charge in [-0.3, -0.25) is 13.8 Å². The number of likely N-dealkylation sites (N-methyl/N-ethyl adjacent to an activating group) is 1. The number of nitrogens with one attached hydrogen (secondary N) is 1. The maximum absolute atomic E-state index is 13.0. The van der Waals surface area contributed by atoms with Gasteiger partial charge in [0.2, 0.25) is 5.91 Å². The van der Waals surface area contributed by atoms with Gasteiger partial charge in [0.15, 0.2) is 0 Å². The van der Waals surface area contributed by atoms with Crippen LogP contribution in [0.5, 0.6) is 0 Å². The molecule has 0 rings (SSSR count). The Morgan fingerprint density at radius 1 is 0.449 bits per heavy atom. The van der Waals surface area contributed by atoms with Crippen molar-refractivity contribution < 1.29 is 32.9 Å². The van der Waals surface area contributed by atoms with Crippen molar-refractivity contribution in [3.63, 3.8) is 0 Å². The normalized spacial score (nSPS) is 14.8. The predicted octanol–water partition coefficient (Wildman–Crippen LogP) is 19.6. The summed E-state index contributed by atoms with van der Waals surface area (Å²) in [6.07, 6.45) is 89.6. The van der Waals surface area contributed by atoms with Crippen LogP contribution in [-0.4, -0.2) is 73.4 Å². The quantitative estimate of drug-likeness (QED) is 0.0243. The average molecular weight is 1100 g/mol. The van der Waals surface area contributed by atoms with Crippen LogP contribution in [0.1, 0.15) is 232 Å². The third kappa shape index (κ3) is 60.0. The van der Waals surface area contributed by atoms with Gasteiger partial charge in [0, 0.05) is 6.42 Å². The van der Waals surface area contributed by atoms with Gasteiger partial charge in [-0.2, -0.15) is 0 Å². The fourth-order valence-electron chi connectivity index (χ4n) is 8.18. The van der Waals surface area contributed by atoms with Crippen LogP contribution in [0.15, 0.2) is 146 Å². The maximum atomic E-state index is 13.0. The largest absolute Gasteiger partial charge is 0.472 e. The predicted molar refractivity (Wildman–Crippen MR) is 341 cm³/mol. The van der Waals surface area contributed by atoms with Gasteiger partial charge in [-0.25, -0.2) is 4.57 Å². The lowest BCUT2D eigenvalue weighted by Gasteiger charge is -2.25. The molecule has 0 saturated carbocycles. The molecule has 78 heavy (non-hydrogen) atoms. The van der Waals surface area contributed by atoms with E-state index in [9.17, 15) is 19.4 Å². The first-order chi connectivity index (χ1) is 38.0. The summed E-state index contributed by atoms with van der Waals surface area (Å²) in [5, 5.41) is 13.9. The van der Waals surface area contributed by atoms with E-state index in [1.54, 1.807) is 6.08 Å². The highest BCUT2D eigenvalue weighted by atomic mass is 31.2. The zero-order chi connectivity index (χ0) is 57.0. The van der Waals surface area contributed by atoms with Gasteiger partial charge >= 0.3 is 7.82 Å². The maximum Gasteiger partial charge on any atom is 0.472 e. The van der Waals surface area contributed by atoms with Crippen molar-refractivity contribution >= 4 is 13.7 Å². The molecule has 3 unspecified atom stereocenters. The number of phosphoric ester groups is 1. The molecule has 8 nitrogen and oxygen atoms in total. The minimum Gasteiger partial charge on any atom is -0.387 e. The van der Waals surface area contributed by atoms with Crippen molar-refractivity contribution in [3.05, 3.63) is 146 Å². The fourth-order valence-corrected chi connectivity index (χ4v) is 8.92. The third-order valence-electron chi connectivity index (χ3n) is 13.0. The average Bonchev–Trinajstić information content (AvgIpc) is 3.40. The van der Waals surface area contributed by atoms with E-state index in [-0.39, 0.29) is 19.1 Å². The summed E-state index contributed by atoms with van der Waals surface area (Å²) in [4.78, 5) is 23.3. The Morgan fingerprint density at radius 3 is 1.18 bits per heavy atom. The number of carbonyl (C=O) groups is 1. The summed E-state index contributed by atoms with van der Waals surface area (Å²) in [5.74, 6) is -0.200.